The monoisotopic (exact) mass is 389 g/mol. The Balaban J connectivity index is 1.49. The third-order valence-electron chi connectivity index (χ3n) is 5.82. The second-order valence-corrected chi connectivity index (χ2v) is 7.42. The zero-order valence-corrected chi connectivity index (χ0v) is 16.5. The smallest absolute Gasteiger partial charge is 0.268 e. The first-order valence-electron chi connectivity index (χ1n) is 9.83. The molecule has 1 aliphatic rings. The lowest BCUT2D eigenvalue weighted by atomic mass is 9.91. The van der Waals surface area contributed by atoms with Crippen molar-refractivity contribution in [2.24, 2.45) is 0 Å². The van der Waals surface area contributed by atoms with Crippen LogP contribution in [0.3, 0.4) is 0 Å². The Hall–Kier alpha value is -3.41. The average molecular weight is 389 g/mol. The molecule has 0 radical (unpaired) electrons. The summed E-state index contributed by atoms with van der Waals surface area (Å²) in [6.07, 6.45) is 3.00. The molecule has 6 nitrogen and oxygen atoms in total. The molecule has 2 aromatic heterocycles. The van der Waals surface area contributed by atoms with E-state index in [9.17, 15) is 4.79 Å². The van der Waals surface area contributed by atoms with E-state index in [0.717, 1.165) is 41.4 Å². The lowest BCUT2D eigenvalue weighted by molar-refractivity contribution is 0.0927. The number of methoxy groups -OCH3 is 2. The van der Waals surface area contributed by atoms with Crippen LogP contribution in [0.25, 0.3) is 21.8 Å². The molecule has 0 saturated heterocycles. The zero-order valence-electron chi connectivity index (χ0n) is 16.5. The molecule has 3 N–H and O–H groups in total. The molecule has 2 heterocycles. The highest BCUT2D eigenvalue weighted by atomic mass is 16.5. The largest absolute Gasteiger partial charge is 0.496 e. The van der Waals surface area contributed by atoms with Gasteiger partial charge in [-0.15, -0.1) is 0 Å². The van der Waals surface area contributed by atoms with Crippen molar-refractivity contribution in [3.63, 3.8) is 0 Å². The van der Waals surface area contributed by atoms with Gasteiger partial charge in [0.05, 0.1) is 25.8 Å². The van der Waals surface area contributed by atoms with Gasteiger partial charge in [0.2, 0.25) is 0 Å². The first kappa shape index (κ1) is 17.7. The standard InChI is InChI=1S/C23H23N3O3/c1-28-19-10-11-20(29-2)22-15(19)12-18(25-22)23(27)26-17-9-5-7-14-13-6-3-4-8-16(13)24-21(14)17/h3-4,6,8,10-12,17,24-25H,5,7,9H2,1-2H3,(H,26,27)/t17-/m1/s1. The number of carbonyl (C=O) groups is 1. The maximum atomic E-state index is 13.1. The Morgan fingerprint density at radius 1 is 1.03 bits per heavy atom. The number of rotatable bonds is 4. The summed E-state index contributed by atoms with van der Waals surface area (Å²) in [5, 5.41) is 5.28. The van der Waals surface area contributed by atoms with Gasteiger partial charge in [0.15, 0.2) is 0 Å². The molecule has 0 aliphatic heterocycles. The van der Waals surface area contributed by atoms with Crippen LogP contribution in [0, 0.1) is 0 Å². The van der Waals surface area contributed by atoms with E-state index in [1.165, 1.54) is 10.9 Å². The maximum Gasteiger partial charge on any atom is 0.268 e. The number of fused-ring (bicyclic) bond motifs is 4. The molecule has 4 aromatic rings. The summed E-state index contributed by atoms with van der Waals surface area (Å²) in [6.45, 7) is 0. The summed E-state index contributed by atoms with van der Waals surface area (Å²) < 4.78 is 10.9. The second kappa shape index (κ2) is 6.88. The van der Waals surface area contributed by atoms with Crippen molar-refractivity contribution in [3.8, 4) is 11.5 Å². The van der Waals surface area contributed by atoms with Crippen LogP contribution < -0.4 is 14.8 Å². The third-order valence-corrected chi connectivity index (χ3v) is 5.82. The quantitative estimate of drug-likeness (QED) is 0.482. The lowest BCUT2D eigenvalue weighted by Crippen LogP contribution is -2.31. The van der Waals surface area contributed by atoms with Gasteiger partial charge in [0.25, 0.3) is 5.91 Å². The van der Waals surface area contributed by atoms with E-state index in [4.69, 9.17) is 9.47 Å². The Morgan fingerprint density at radius 2 is 1.83 bits per heavy atom. The summed E-state index contributed by atoms with van der Waals surface area (Å²) in [7, 11) is 3.23. The van der Waals surface area contributed by atoms with E-state index in [1.807, 2.05) is 24.3 Å². The number of ether oxygens (including phenoxy) is 2. The number of amides is 1. The normalized spacial score (nSPS) is 16.0. The second-order valence-electron chi connectivity index (χ2n) is 7.42. The van der Waals surface area contributed by atoms with Gasteiger partial charge in [-0.3, -0.25) is 4.79 Å². The molecule has 1 amide bonds. The highest BCUT2D eigenvalue weighted by molar-refractivity contribution is 6.01. The number of para-hydroxylation sites is 1. The molecule has 0 bridgehead atoms. The van der Waals surface area contributed by atoms with E-state index >= 15 is 0 Å². The van der Waals surface area contributed by atoms with Crippen LogP contribution in [0.15, 0.2) is 42.5 Å². The highest BCUT2D eigenvalue weighted by Crippen LogP contribution is 2.36. The Kier molecular flexibility index (Phi) is 4.19. The Labute approximate surface area is 168 Å². The molecule has 1 atom stereocenters. The number of hydrogen-bond donors (Lipinski definition) is 3. The van der Waals surface area contributed by atoms with Crippen molar-refractivity contribution < 1.29 is 14.3 Å². The van der Waals surface area contributed by atoms with Crippen molar-refractivity contribution in [1.29, 1.82) is 0 Å². The van der Waals surface area contributed by atoms with Gasteiger partial charge in [-0.2, -0.15) is 0 Å². The molecular weight excluding hydrogens is 366 g/mol. The number of hydrogen-bond acceptors (Lipinski definition) is 3. The predicted octanol–water partition coefficient (Wildman–Crippen LogP) is 4.47. The number of carbonyl (C=O) groups excluding carboxylic acids is 1. The molecule has 0 fully saturated rings. The molecule has 5 rings (SSSR count). The molecular formula is C23H23N3O3. The van der Waals surface area contributed by atoms with E-state index in [0.29, 0.717) is 17.2 Å². The predicted molar refractivity (Wildman–Crippen MR) is 113 cm³/mol. The van der Waals surface area contributed by atoms with E-state index in [1.54, 1.807) is 14.2 Å². The van der Waals surface area contributed by atoms with E-state index in [-0.39, 0.29) is 11.9 Å². The van der Waals surface area contributed by atoms with Crippen molar-refractivity contribution in [3.05, 3.63) is 59.4 Å². The first-order valence-corrected chi connectivity index (χ1v) is 9.83. The van der Waals surface area contributed by atoms with Gasteiger partial charge < -0.3 is 24.8 Å². The number of aromatic amines is 2. The van der Waals surface area contributed by atoms with Gasteiger partial charge >= 0.3 is 0 Å². The van der Waals surface area contributed by atoms with Gasteiger partial charge in [-0.1, -0.05) is 18.2 Å². The summed E-state index contributed by atoms with van der Waals surface area (Å²) in [4.78, 5) is 19.8. The van der Waals surface area contributed by atoms with Crippen LogP contribution in [0.4, 0.5) is 0 Å². The highest BCUT2D eigenvalue weighted by Gasteiger charge is 2.26. The van der Waals surface area contributed by atoms with Crippen LogP contribution >= 0.6 is 0 Å². The summed E-state index contributed by atoms with van der Waals surface area (Å²) in [6, 6.07) is 13.8. The zero-order chi connectivity index (χ0) is 20.0. The van der Waals surface area contributed by atoms with Crippen LogP contribution in [0.1, 0.15) is 40.6 Å². The molecule has 6 heteroatoms. The van der Waals surface area contributed by atoms with Crippen LogP contribution in [0.5, 0.6) is 11.5 Å². The van der Waals surface area contributed by atoms with Gasteiger partial charge in [-0.05, 0) is 49.1 Å². The molecule has 148 valence electrons. The van der Waals surface area contributed by atoms with Crippen LogP contribution in [-0.2, 0) is 6.42 Å². The van der Waals surface area contributed by atoms with Crippen LogP contribution in [0.2, 0.25) is 0 Å². The van der Waals surface area contributed by atoms with Crippen molar-refractivity contribution in [1.82, 2.24) is 15.3 Å². The summed E-state index contributed by atoms with van der Waals surface area (Å²) in [5.74, 6) is 1.24. The number of benzene rings is 2. The minimum atomic E-state index is -0.137. The minimum Gasteiger partial charge on any atom is -0.496 e. The fourth-order valence-corrected chi connectivity index (χ4v) is 4.43. The molecule has 0 unspecified atom stereocenters. The van der Waals surface area contributed by atoms with Gasteiger partial charge in [-0.25, -0.2) is 0 Å². The third kappa shape index (κ3) is 2.83. The Morgan fingerprint density at radius 3 is 2.66 bits per heavy atom. The molecule has 0 saturated carbocycles. The number of H-pyrrole nitrogens is 2. The molecule has 29 heavy (non-hydrogen) atoms. The topological polar surface area (TPSA) is 79.1 Å². The average Bonchev–Trinajstić information content (AvgIpc) is 3.36. The van der Waals surface area contributed by atoms with Gasteiger partial charge in [0.1, 0.15) is 17.2 Å². The SMILES string of the molecule is COc1ccc(OC)c2[nH]c(C(=O)N[C@@H]3CCCc4c3[nH]c3ccccc43)cc12. The van der Waals surface area contributed by atoms with Crippen molar-refractivity contribution in [2.75, 3.05) is 14.2 Å². The van der Waals surface area contributed by atoms with Gasteiger partial charge in [0, 0.05) is 22.0 Å². The fraction of sp³-hybridized carbons (Fsp3) is 0.261. The summed E-state index contributed by atoms with van der Waals surface area (Å²) in [5.41, 5.74) is 4.81. The van der Waals surface area contributed by atoms with Crippen LogP contribution in [-0.4, -0.2) is 30.1 Å². The molecule has 1 aliphatic carbocycles. The molecule has 0 spiro atoms. The van der Waals surface area contributed by atoms with E-state index in [2.05, 4.69) is 33.5 Å². The fourth-order valence-electron chi connectivity index (χ4n) is 4.43. The van der Waals surface area contributed by atoms with Crippen molar-refractivity contribution in [2.45, 2.75) is 25.3 Å². The van der Waals surface area contributed by atoms with Crippen molar-refractivity contribution >= 4 is 27.7 Å². The minimum absolute atomic E-state index is 0.0335. The molecule has 2 aromatic carbocycles. The van der Waals surface area contributed by atoms with E-state index < -0.39 is 0 Å². The number of aryl methyl sites for hydroxylation is 1. The maximum absolute atomic E-state index is 13.1. The number of aromatic nitrogens is 2. The lowest BCUT2D eigenvalue weighted by Gasteiger charge is -2.23. The Bertz CT molecular complexity index is 1180. The number of nitrogens with one attached hydrogen (secondary N) is 3. The first-order chi connectivity index (χ1) is 14.2. The summed E-state index contributed by atoms with van der Waals surface area (Å²) >= 11 is 0.